The van der Waals surface area contributed by atoms with E-state index in [4.69, 9.17) is 4.74 Å². The third-order valence-corrected chi connectivity index (χ3v) is 3.90. The van der Waals surface area contributed by atoms with Gasteiger partial charge in [-0.25, -0.2) is 9.69 Å². The second-order valence-electron chi connectivity index (χ2n) is 5.39. The summed E-state index contributed by atoms with van der Waals surface area (Å²) in [7, 11) is 0. The molecule has 114 valence electrons. The third-order valence-electron chi connectivity index (χ3n) is 3.90. The zero-order valence-corrected chi connectivity index (χ0v) is 12.4. The third kappa shape index (κ3) is 3.42. The van der Waals surface area contributed by atoms with Gasteiger partial charge >= 0.3 is 6.09 Å². The molecule has 2 rings (SSSR count). The molecule has 0 spiro atoms. The second kappa shape index (κ2) is 6.72. The number of ether oxygens (including phenoxy) is 1. The molecule has 1 fully saturated rings. The van der Waals surface area contributed by atoms with Gasteiger partial charge in [0.05, 0.1) is 18.1 Å². The van der Waals surface area contributed by atoms with Crippen molar-refractivity contribution in [1.29, 1.82) is 0 Å². The van der Waals surface area contributed by atoms with Gasteiger partial charge in [-0.05, 0) is 18.4 Å². The number of nitrogens with zero attached hydrogens (tertiary/aromatic N) is 1. The van der Waals surface area contributed by atoms with Crippen LogP contribution in [0.1, 0.15) is 25.8 Å². The average molecular weight is 291 g/mol. The van der Waals surface area contributed by atoms with Crippen molar-refractivity contribution in [2.45, 2.75) is 38.8 Å². The van der Waals surface area contributed by atoms with Gasteiger partial charge in [-0.15, -0.1) is 0 Å². The SMILES string of the molecule is CC[C@@H](O)[C@@H](C)C(=O)N1C(=O)OC[C@@H]1Cc1ccccc1. The largest absolute Gasteiger partial charge is 0.447 e. The number of benzene rings is 1. The normalized spacial score (nSPS) is 21.0. The van der Waals surface area contributed by atoms with Crippen LogP contribution in [0.4, 0.5) is 4.79 Å². The maximum Gasteiger partial charge on any atom is 0.416 e. The number of cyclic esters (lactones) is 1. The van der Waals surface area contributed by atoms with E-state index < -0.39 is 18.1 Å². The number of aliphatic hydroxyl groups excluding tert-OH is 1. The predicted octanol–water partition coefficient (Wildman–Crippen LogP) is 1.98. The number of rotatable bonds is 5. The molecular weight excluding hydrogens is 270 g/mol. The first-order valence-corrected chi connectivity index (χ1v) is 7.26. The summed E-state index contributed by atoms with van der Waals surface area (Å²) in [5.41, 5.74) is 1.04. The molecule has 2 amide bonds. The van der Waals surface area contributed by atoms with Crippen molar-refractivity contribution < 1.29 is 19.4 Å². The van der Waals surface area contributed by atoms with Crippen molar-refractivity contribution in [3.63, 3.8) is 0 Å². The monoisotopic (exact) mass is 291 g/mol. The van der Waals surface area contributed by atoms with Crippen LogP contribution < -0.4 is 0 Å². The van der Waals surface area contributed by atoms with Crippen LogP contribution in [-0.2, 0) is 16.0 Å². The summed E-state index contributed by atoms with van der Waals surface area (Å²) < 4.78 is 5.02. The topological polar surface area (TPSA) is 66.8 Å². The summed E-state index contributed by atoms with van der Waals surface area (Å²) in [4.78, 5) is 25.4. The van der Waals surface area contributed by atoms with E-state index in [1.807, 2.05) is 30.3 Å². The molecule has 1 aromatic rings. The molecule has 1 aliphatic heterocycles. The number of carbonyl (C=O) groups excluding carboxylic acids is 2. The quantitative estimate of drug-likeness (QED) is 0.901. The van der Waals surface area contributed by atoms with E-state index in [0.29, 0.717) is 12.8 Å². The van der Waals surface area contributed by atoms with Gasteiger partial charge in [0, 0.05) is 0 Å². The smallest absolute Gasteiger partial charge is 0.416 e. The van der Waals surface area contributed by atoms with Crippen molar-refractivity contribution in [2.24, 2.45) is 5.92 Å². The minimum Gasteiger partial charge on any atom is -0.447 e. The maximum absolute atomic E-state index is 12.4. The number of aliphatic hydroxyl groups is 1. The molecule has 0 unspecified atom stereocenters. The summed E-state index contributed by atoms with van der Waals surface area (Å²) in [5.74, 6) is -0.980. The Morgan fingerprint density at radius 3 is 2.71 bits per heavy atom. The van der Waals surface area contributed by atoms with E-state index in [1.165, 1.54) is 0 Å². The van der Waals surface area contributed by atoms with Crippen LogP contribution in [0.2, 0.25) is 0 Å². The Bertz CT molecular complexity index is 502. The lowest BCUT2D eigenvalue weighted by Gasteiger charge is -2.25. The number of imide groups is 1. The van der Waals surface area contributed by atoms with Gasteiger partial charge in [0.15, 0.2) is 0 Å². The van der Waals surface area contributed by atoms with Gasteiger partial charge < -0.3 is 9.84 Å². The molecular formula is C16H21NO4. The number of amides is 2. The molecule has 0 saturated carbocycles. The molecule has 0 radical (unpaired) electrons. The van der Waals surface area contributed by atoms with Gasteiger partial charge in [-0.3, -0.25) is 4.79 Å². The van der Waals surface area contributed by atoms with Crippen LogP contribution in [-0.4, -0.2) is 40.8 Å². The zero-order valence-electron chi connectivity index (χ0n) is 12.4. The van der Waals surface area contributed by atoms with Gasteiger partial charge in [-0.2, -0.15) is 0 Å². The summed E-state index contributed by atoms with van der Waals surface area (Å²) in [6.45, 7) is 3.65. The highest BCUT2D eigenvalue weighted by Crippen LogP contribution is 2.21. The first-order chi connectivity index (χ1) is 10.0. The Labute approximate surface area is 124 Å². The highest BCUT2D eigenvalue weighted by Gasteiger charge is 2.40. The molecule has 0 bridgehead atoms. The minimum absolute atomic E-state index is 0.203. The van der Waals surface area contributed by atoms with E-state index in [1.54, 1.807) is 13.8 Å². The lowest BCUT2D eigenvalue weighted by molar-refractivity contribution is -0.136. The summed E-state index contributed by atoms with van der Waals surface area (Å²) in [6.07, 6.45) is -0.328. The lowest BCUT2D eigenvalue weighted by Crippen LogP contribution is -2.45. The number of carbonyl (C=O) groups is 2. The van der Waals surface area contributed by atoms with Crippen molar-refractivity contribution in [3.8, 4) is 0 Å². The summed E-state index contributed by atoms with van der Waals surface area (Å²) >= 11 is 0. The molecule has 1 saturated heterocycles. The molecule has 1 aliphatic rings. The van der Waals surface area contributed by atoms with Crippen molar-refractivity contribution in [3.05, 3.63) is 35.9 Å². The van der Waals surface area contributed by atoms with Gasteiger partial charge in [0.25, 0.3) is 0 Å². The Morgan fingerprint density at radius 2 is 2.10 bits per heavy atom. The highest BCUT2D eigenvalue weighted by atomic mass is 16.6. The number of hydrogen-bond donors (Lipinski definition) is 1. The van der Waals surface area contributed by atoms with Crippen molar-refractivity contribution >= 4 is 12.0 Å². The fraction of sp³-hybridized carbons (Fsp3) is 0.500. The Kier molecular flexibility index (Phi) is 4.96. The lowest BCUT2D eigenvalue weighted by atomic mass is 9.99. The highest BCUT2D eigenvalue weighted by molar-refractivity contribution is 5.94. The Balaban J connectivity index is 2.11. The molecule has 5 heteroatoms. The van der Waals surface area contributed by atoms with E-state index in [9.17, 15) is 14.7 Å². The van der Waals surface area contributed by atoms with Crippen LogP contribution in [0, 0.1) is 5.92 Å². The van der Waals surface area contributed by atoms with Crippen LogP contribution in [0.3, 0.4) is 0 Å². The fourth-order valence-electron chi connectivity index (χ4n) is 2.50. The molecule has 1 heterocycles. The molecule has 1 N–H and O–H groups in total. The number of hydrogen-bond acceptors (Lipinski definition) is 4. The van der Waals surface area contributed by atoms with E-state index in [-0.39, 0.29) is 18.6 Å². The zero-order chi connectivity index (χ0) is 15.4. The molecule has 0 aromatic heterocycles. The standard InChI is InChI=1S/C16H21NO4/c1-3-14(18)11(2)15(19)17-13(10-21-16(17)20)9-12-7-5-4-6-8-12/h4-8,11,13-14,18H,3,9-10H2,1-2H3/t11-,13+,14-/m1/s1. The van der Waals surface area contributed by atoms with Crippen LogP contribution in [0.5, 0.6) is 0 Å². The Hall–Kier alpha value is -1.88. The molecule has 3 atom stereocenters. The van der Waals surface area contributed by atoms with Crippen molar-refractivity contribution in [1.82, 2.24) is 4.90 Å². The van der Waals surface area contributed by atoms with E-state index in [0.717, 1.165) is 10.5 Å². The second-order valence-corrected chi connectivity index (χ2v) is 5.39. The first kappa shape index (κ1) is 15.5. The fourth-order valence-corrected chi connectivity index (χ4v) is 2.50. The van der Waals surface area contributed by atoms with E-state index >= 15 is 0 Å². The van der Waals surface area contributed by atoms with Crippen molar-refractivity contribution in [2.75, 3.05) is 6.61 Å². The summed E-state index contributed by atoms with van der Waals surface area (Å²) in [6, 6.07) is 9.36. The van der Waals surface area contributed by atoms with Crippen LogP contribution in [0.25, 0.3) is 0 Å². The first-order valence-electron chi connectivity index (χ1n) is 7.26. The molecule has 21 heavy (non-hydrogen) atoms. The van der Waals surface area contributed by atoms with Gasteiger partial charge in [0.1, 0.15) is 6.61 Å². The maximum atomic E-state index is 12.4. The van der Waals surface area contributed by atoms with E-state index in [2.05, 4.69) is 0 Å². The predicted molar refractivity (Wildman–Crippen MR) is 77.6 cm³/mol. The van der Waals surface area contributed by atoms with Gasteiger partial charge in [0.2, 0.25) is 5.91 Å². The van der Waals surface area contributed by atoms with Crippen LogP contribution in [0.15, 0.2) is 30.3 Å². The molecule has 1 aromatic carbocycles. The van der Waals surface area contributed by atoms with Crippen LogP contribution >= 0.6 is 0 Å². The minimum atomic E-state index is -0.747. The average Bonchev–Trinajstić information content (AvgIpc) is 2.86. The Morgan fingerprint density at radius 1 is 1.43 bits per heavy atom. The summed E-state index contributed by atoms with van der Waals surface area (Å²) in [5, 5.41) is 9.82. The molecule has 0 aliphatic carbocycles. The van der Waals surface area contributed by atoms with Gasteiger partial charge in [-0.1, -0.05) is 44.2 Å². The molecule has 5 nitrogen and oxygen atoms in total.